The van der Waals surface area contributed by atoms with Crippen LogP contribution in [0.5, 0.6) is 0 Å². The van der Waals surface area contributed by atoms with Gasteiger partial charge in [0, 0.05) is 6.42 Å². The number of aryl methyl sites for hydroxylation is 1. The minimum atomic E-state index is -0.147. The highest BCUT2D eigenvalue weighted by Gasteiger charge is 2.31. The van der Waals surface area contributed by atoms with Gasteiger partial charge in [-0.05, 0) is 37.9 Å². The molecule has 1 atom stereocenters. The Kier molecular flexibility index (Phi) is 5.63. The fourth-order valence-corrected chi connectivity index (χ4v) is 2.98. The third-order valence-corrected chi connectivity index (χ3v) is 4.29. The Bertz CT molecular complexity index is 638. The fourth-order valence-electron chi connectivity index (χ4n) is 2.98. The second kappa shape index (κ2) is 8.10. The summed E-state index contributed by atoms with van der Waals surface area (Å²) in [4.78, 5) is 19.0. The van der Waals surface area contributed by atoms with Gasteiger partial charge in [0.2, 0.25) is 11.8 Å². The van der Waals surface area contributed by atoms with E-state index >= 15 is 0 Å². The summed E-state index contributed by atoms with van der Waals surface area (Å²) in [6.07, 6.45) is 6.45. The van der Waals surface area contributed by atoms with Gasteiger partial charge < -0.3 is 14.3 Å². The van der Waals surface area contributed by atoms with Crippen LogP contribution in [0.3, 0.4) is 0 Å². The van der Waals surface area contributed by atoms with Crippen molar-refractivity contribution in [1.82, 2.24) is 20.4 Å². The predicted octanol–water partition coefficient (Wildman–Crippen LogP) is 2.29. The average Bonchev–Trinajstić information content (AvgIpc) is 3.33. The van der Waals surface area contributed by atoms with E-state index in [4.69, 9.17) is 8.94 Å². The van der Waals surface area contributed by atoms with Crippen LogP contribution in [0, 0.1) is 0 Å². The van der Waals surface area contributed by atoms with Crippen LogP contribution in [0.2, 0.25) is 0 Å². The van der Waals surface area contributed by atoms with E-state index in [1.165, 1.54) is 0 Å². The first kappa shape index (κ1) is 16.7. The number of aromatic nitrogens is 2. The highest BCUT2D eigenvalue weighted by Crippen LogP contribution is 2.20. The summed E-state index contributed by atoms with van der Waals surface area (Å²) in [5.41, 5.74) is 0. The van der Waals surface area contributed by atoms with Gasteiger partial charge in [-0.25, -0.2) is 0 Å². The summed E-state index contributed by atoms with van der Waals surface area (Å²) in [5, 5.41) is 6.94. The normalized spacial score (nSPS) is 18.1. The van der Waals surface area contributed by atoms with Gasteiger partial charge in [0.25, 0.3) is 0 Å². The highest BCUT2D eigenvalue weighted by atomic mass is 16.5. The second-order valence-corrected chi connectivity index (χ2v) is 6.13. The number of nitrogens with one attached hydrogen (secondary N) is 1. The van der Waals surface area contributed by atoms with Crippen molar-refractivity contribution in [3.63, 3.8) is 0 Å². The number of amides is 1. The molecule has 2 aromatic rings. The van der Waals surface area contributed by atoms with Crippen molar-refractivity contribution in [2.45, 2.75) is 58.2 Å². The van der Waals surface area contributed by atoms with E-state index in [-0.39, 0.29) is 11.9 Å². The molecule has 3 heterocycles. The lowest BCUT2D eigenvalue weighted by Crippen LogP contribution is -2.42. The molecule has 1 amide bonds. The third kappa shape index (κ3) is 4.23. The number of furan rings is 1. The Morgan fingerprint density at radius 3 is 3.21 bits per heavy atom. The summed E-state index contributed by atoms with van der Waals surface area (Å²) in [7, 11) is 0. The summed E-state index contributed by atoms with van der Waals surface area (Å²) in [6, 6.07) is 3.52. The van der Waals surface area contributed by atoms with E-state index < -0.39 is 0 Å². The van der Waals surface area contributed by atoms with Gasteiger partial charge in [0.1, 0.15) is 5.76 Å². The fraction of sp³-hybridized carbons (Fsp3) is 0.588. The Morgan fingerprint density at radius 2 is 2.42 bits per heavy atom. The lowest BCUT2D eigenvalue weighted by molar-refractivity contribution is -0.126. The molecule has 0 aromatic carbocycles. The first-order valence-electron chi connectivity index (χ1n) is 8.62. The standard InChI is InChI=1S/C17H24N4O3/c1-2-3-8-15-19-16(24-20-15)12-21-9-4-7-14(21)17(22)18-11-13-6-5-10-23-13/h5-6,10,14H,2-4,7-9,11-12H2,1H3,(H,18,22)/t14-/m1/s1. The molecular formula is C17H24N4O3. The number of rotatable bonds is 8. The molecule has 1 fully saturated rings. The SMILES string of the molecule is CCCCc1noc(CN2CCC[C@@H]2C(=O)NCc2ccco2)n1. The van der Waals surface area contributed by atoms with Gasteiger partial charge in [-0.1, -0.05) is 18.5 Å². The number of hydrogen-bond acceptors (Lipinski definition) is 6. The lowest BCUT2D eigenvalue weighted by Gasteiger charge is -2.21. The van der Waals surface area contributed by atoms with Crippen molar-refractivity contribution in [3.05, 3.63) is 35.9 Å². The number of hydrogen-bond donors (Lipinski definition) is 1. The van der Waals surface area contributed by atoms with E-state index in [0.29, 0.717) is 19.0 Å². The number of likely N-dealkylation sites (tertiary alicyclic amines) is 1. The van der Waals surface area contributed by atoms with Gasteiger partial charge in [-0.3, -0.25) is 9.69 Å². The molecule has 0 radical (unpaired) electrons. The van der Waals surface area contributed by atoms with Crippen LogP contribution in [0.1, 0.15) is 50.1 Å². The molecule has 2 aromatic heterocycles. The van der Waals surface area contributed by atoms with Gasteiger partial charge in [-0.2, -0.15) is 4.98 Å². The first-order valence-corrected chi connectivity index (χ1v) is 8.62. The quantitative estimate of drug-likeness (QED) is 0.798. The highest BCUT2D eigenvalue weighted by molar-refractivity contribution is 5.81. The zero-order valence-electron chi connectivity index (χ0n) is 14.0. The van der Waals surface area contributed by atoms with Crippen LogP contribution in [0.25, 0.3) is 0 Å². The van der Waals surface area contributed by atoms with Crippen LogP contribution >= 0.6 is 0 Å². The van der Waals surface area contributed by atoms with Crippen LogP contribution in [0.15, 0.2) is 27.3 Å². The maximum Gasteiger partial charge on any atom is 0.240 e. The van der Waals surface area contributed by atoms with Crippen molar-refractivity contribution >= 4 is 5.91 Å². The van der Waals surface area contributed by atoms with Crippen LogP contribution in [0.4, 0.5) is 0 Å². The van der Waals surface area contributed by atoms with Crippen molar-refractivity contribution in [3.8, 4) is 0 Å². The van der Waals surface area contributed by atoms with Crippen molar-refractivity contribution in [2.24, 2.45) is 0 Å². The molecule has 0 spiro atoms. The Morgan fingerprint density at radius 1 is 1.50 bits per heavy atom. The number of carbonyl (C=O) groups is 1. The molecule has 130 valence electrons. The largest absolute Gasteiger partial charge is 0.467 e. The minimum Gasteiger partial charge on any atom is -0.467 e. The molecule has 1 aliphatic heterocycles. The molecule has 1 N–H and O–H groups in total. The molecule has 1 aliphatic rings. The Hall–Kier alpha value is -2.15. The smallest absolute Gasteiger partial charge is 0.240 e. The zero-order chi connectivity index (χ0) is 16.8. The lowest BCUT2D eigenvalue weighted by atomic mass is 10.2. The topological polar surface area (TPSA) is 84.4 Å². The van der Waals surface area contributed by atoms with Gasteiger partial charge in [0.15, 0.2) is 5.82 Å². The third-order valence-electron chi connectivity index (χ3n) is 4.29. The van der Waals surface area contributed by atoms with Crippen molar-refractivity contribution in [2.75, 3.05) is 6.54 Å². The number of unbranched alkanes of at least 4 members (excludes halogenated alkanes) is 1. The van der Waals surface area contributed by atoms with E-state index in [0.717, 1.165) is 50.2 Å². The molecule has 0 saturated carbocycles. The van der Waals surface area contributed by atoms with Gasteiger partial charge in [0.05, 0.1) is 25.4 Å². The Balaban J connectivity index is 1.52. The maximum absolute atomic E-state index is 12.4. The van der Waals surface area contributed by atoms with E-state index in [2.05, 4.69) is 27.3 Å². The van der Waals surface area contributed by atoms with Crippen molar-refractivity contribution in [1.29, 1.82) is 0 Å². The number of nitrogens with zero attached hydrogens (tertiary/aromatic N) is 3. The van der Waals surface area contributed by atoms with Gasteiger partial charge in [-0.15, -0.1) is 0 Å². The molecule has 7 nitrogen and oxygen atoms in total. The van der Waals surface area contributed by atoms with Gasteiger partial charge >= 0.3 is 0 Å². The second-order valence-electron chi connectivity index (χ2n) is 6.13. The Labute approximate surface area is 141 Å². The predicted molar refractivity (Wildman–Crippen MR) is 86.9 cm³/mol. The number of carbonyl (C=O) groups excluding carboxylic acids is 1. The first-order chi connectivity index (χ1) is 11.8. The molecular weight excluding hydrogens is 308 g/mol. The molecule has 0 bridgehead atoms. The van der Waals surface area contributed by atoms with E-state index in [9.17, 15) is 4.79 Å². The molecule has 0 aliphatic carbocycles. The summed E-state index contributed by atoms with van der Waals surface area (Å²) in [5.74, 6) is 2.12. The molecule has 24 heavy (non-hydrogen) atoms. The van der Waals surface area contributed by atoms with Crippen LogP contribution in [-0.2, 0) is 24.3 Å². The molecule has 7 heteroatoms. The molecule has 1 saturated heterocycles. The summed E-state index contributed by atoms with van der Waals surface area (Å²) in [6.45, 7) is 3.94. The maximum atomic E-state index is 12.4. The van der Waals surface area contributed by atoms with E-state index in [1.54, 1.807) is 6.26 Å². The minimum absolute atomic E-state index is 0.0228. The van der Waals surface area contributed by atoms with E-state index in [1.807, 2.05) is 12.1 Å². The monoisotopic (exact) mass is 332 g/mol. The van der Waals surface area contributed by atoms with Crippen molar-refractivity contribution < 1.29 is 13.7 Å². The van der Waals surface area contributed by atoms with Crippen LogP contribution in [-0.4, -0.2) is 33.5 Å². The molecule has 3 rings (SSSR count). The average molecular weight is 332 g/mol. The molecule has 0 unspecified atom stereocenters. The summed E-state index contributed by atoms with van der Waals surface area (Å²) >= 11 is 0. The summed E-state index contributed by atoms with van der Waals surface area (Å²) < 4.78 is 10.6. The zero-order valence-corrected chi connectivity index (χ0v) is 14.0. The van der Waals surface area contributed by atoms with Crippen LogP contribution < -0.4 is 5.32 Å².